The molecule has 0 aliphatic heterocycles. The number of carbonyl (C=O) groups is 1. The topological polar surface area (TPSA) is 71.8 Å². The number of nitrogens with zero attached hydrogens (tertiary/aromatic N) is 3. The molecule has 2 aromatic heterocycles. The third-order valence-corrected chi connectivity index (χ3v) is 4.87. The third-order valence-electron chi connectivity index (χ3n) is 4.87. The van der Waals surface area contributed by atoms with Crippen LogP contribution in [0.15, 0.2) is 85.3 Å². The van der Waals surface area contributed by atoms with Crippen LogP contribution in [0.2, 0.25) is 0 Å². The molecule has 0 atom stereocenters. The van der Waals surface area contributed by atoms with Crippen molar-refractivity contribution < 1.29 is 4.79 Å². The fraction of sp³-hybridized carbons (Fsp3) is 0.0455. The van der Waals surface area contributed by atoms with Crippen molar-refractivity contribution >= 4 is 11.7 Å². The van der Waals surface area contributed by atoms with Crippen molar-refractivity contribution in [3.05, 3.63) is 96.4 Å². The van der Waals surface area contributed by atoms with Gasteiger partial charge in [-0.3, -0.25) is 0 Å². The van der Waals surface area contributed by atoms with Crippen LogP contribution in [-0.2, 0) is 0 Å². The fourth-order valence-electron chi connectivity index (χ4n) is 3.67. The predicted molar refractivity (Wildman–Crippen MR) is 107 cm³/mol. The monoisotopic (exact) mass is 367 g/mol. The van der Waals surface area contributed by atoms with Gasteiger partial charge in [-0.25, -0.2) is 14.5 Å². The second kappa shape index (κ2) is 6.66. The first-order chi connectivity index (χ1) is 13.8. The molecule has 0 bridgehead atoms. The first-order valence-electron chi connectivity index (χ1n) is 9.02. The zero-order valence-corrected chi connectivity index (χ0v) is 14.9. The summed E-state index contributed by atoms with van der Waals surface area (Å²) in [6.45, 7) is 0. The normalized spacial score (nSPS) is 12.3. The summed E-state index contributed by atoms with van der Waals surface area (Å²) in [5.74, 6) is 0.565. The minimum atomic E-state index is -0.294. The third kappa shape index (κ3) is 2.72. The maximum absolute atomic E-state index is 12.8. The van der Waals surface area contributed by atoms with E-state index in [0.29, 0.717) is 11.5 Å². The summed E-state index contributed by atoms with van der Waals surface area (Å²) in [5, 5.41) is 10.2. The zero-order chi connectivity index (χ0) is 18.9. The van der Waals surface area contributed by atoms with E-state index in [9.17, 15) is 4.79 Å². The lowest BCUT2D eigenvalue weighted by molar-refractivity contribution is 0.250. The van der Waals surface area contributed by atoms with E-state index in [4.69, 9.17) is 0 Å². The smallest absolute Gasteiger partial charge is 0.320 e. The lowest BCUT2D eigenvalue weighted by Crippen LogP contribution is -2.32. The van der Waals surface area contributed by atoms with Gasteiger partial charge in [0.2, 0.25) is 0 Å². The summed E-state index contributed by atoms with van der Waals surface area (Å²) in [6.07, 6.45) is 5.13. The van der Waals surface area contributed by atoms with Crippen LogP contribution >= 0.6 is 0 Å². The highest BCUT2D eigenvalue weighted by Crippen LogP contribution is 2.43. The number of urea groups is 1. The predicted octanol–water partition coefficient (Wildman–Crippen LogP) is 4.16. The van der Waals surface area contributed by atoms with Crippen molar-refractivity contribution in [1.29, 1.82) is 0 Å². The minimum Gasteiger partial charge on any atom is -0.327 e. The van der Waals surface area contributed by atoms with Crippen molar-refractivity contribution in [3.63, 3.8) is 0 Å². The van der Waals surface area contributed by atoms with E-state index in [0.717, 1.165) is 22.3 Å². The lowest BCUT2D eigenvalue weighted by atomic mass is 10.1. The highest BCUT2D eigenvalue weighted by molar-refractivity contribution is 5.92. The van der Waals surface area contributed by atoms with Crippen molar-refractivity contribution in [2.24, 2.45) is 0 Å². The van der Waals surface area contributed by atoms with Gasteiger partial charge in [0.1, 0.15) is 0 Å². The van der Waals surface area contributed by atoms with Crippen LogP contribution in [0.3, 0.4) is 0 Å². The molecule has 0 spiro atoms. The number of hydrogen-bond donors (Lipinski definition) is 2. The molecule has 2 amide bonds. The molecule has 4 aromatic rings. The number of aromatic nitrogens is 3. The molecule has 0 radical (unpaired) electrons. The molecule has 2 aromatic carbocycles. The van der Waals surface area contributed by atoms with E-state index in [2.05, 4.69) is 45.0 Å². The molecule has 0 unspecified atom stereocenters. The molecule has 2 heterocycles. The Morgan fingerprint density at radius 1 is 0.857 bits per heavy atom. The first kappa shape index (κ1) is 16.3. The van der Waals surface area contributed by atoms with Gasteiger partial charge >= 0.3 is 6.03 Å². The average molecular weight is 367 g/mol. The Balaban J connectivity index is 1.43. The van der Waals surface area contributed by atoms with Crippen LogP contribution in [0, 0.1) is 0 Å². The standard InChI is InChI=1S/C22H17N5O/c28-22(25-19-11-5-12-23-21(19)27-14-6-13-24-27)26-20-17-9-3-1-7-15(17)16-8-2-4-10-18(16)20/h1-14,20H,(H2,25,26,28). The van der Waals surface area contributed by atoms with E-state index < -0.39 is 0 Å². The molecule has 5 rings (SSSR count). The molecular formula is C22H17N5O. The summed E-state index contributed by atoms with van der Waals surface area (Å²) in [7, 11) is 0. The molecule has 28 heavy (non-hydrogen) atoms. The summed E-state index contributed by atoms with van der Waals surface area (Å²) in [4.78, 5) is 17.2. The van der Waals surface area contributed by atoms with E-state index in [1.54, 1.807) is 35.4 Å². The molecule has 2 N–H and O–H groups in total. The number of anilines is 1. The summed E-state index contributed by atoms with van der Waals surface area (Å²) >= 11 is 0. The zero-order valence-electron chi connectivity index (χ0n) is 14.9. The molecule has 1 aliphatic rings. The molecular weight excluding hydrogens is 350 g/mol. The van der Waals surface area contributed by atoms with Gasteiger partial charge in [-0.1, -0.05) is 48.5 Å². The van der Waals surface area contributed by atoms with Gasteiger partial charge in [0.25, 0.3) is 0 Å². The van der Waals surface area contributed by atoms with Crippen molar-refractivity contribution in [2.45, 2.75) is 6.04 Å². The van der Waals surface area contributed by atoms with Crippen molar-refractivity contribution in [3.8, 4) is 16.9 Å². The maximum Gasteiger partial charge on any atom is 0.320 e. The number of hydrogen-bond acceptors (Lipinski definition) is 3. The Morgan fingerprint density at radius 2 is 1.57 bits per heavy atom. The number of rotatable bonds is 3. The van der Waals surface area contributed by atoms with E-state index in [1.807, 2.05) is 30.3 Å². The molecule has 0 saturated carbocycles. The lowest BCUT2D eigenvalue weighted by Gasteiger charge is -2.17. The van der Waals surface area contributed by atoms with E-state index in [-0.39, 0.29) is 12.1 Å². The Labute approximate surface area is 161 Å². The van der Waals surface area contributed by atoms with Gasteiger partial charge in [0, 0.05) is 18.6 Å². The maximum atomic E-state index is 12.8. The Bertz CT molecular complexity index is 1110. The molecule has 0 saturated heterocycles. The van der Waals surface area contributed by atoms with Gasteiger partial charge in [0.15, 0.2) is 5.82 Å². The number of pyridine rings is 1. The second-order valence-corrected chi connectivity index (χ2v) is 6.53. The molecule has 6 heteroatoms. The van der Waals surface area contributed by atoms with Crippen LogP contribution in [0.25, 0.3) is 16.9 Å². The van der Waals surface area contributed by atoms with E-state index in [1.165, 1.54) is 0 Å². The number of benzene rings is 2. The number of fused-ring (bicyclic) bond motifs is 3. The minimum absolute atomic E-state index is 0.197. The summed E-state index contributed by atoms with van der Waals surface area (Å²) in [5.41, 5.74) is 5.09. The van der Waals surface area contributed by atoms with Gasteiger partial charge in [-0.2, -0.15) is 5.10 Å². The van der Waals surface area contributed by atoms with Crippen LogP contribution in [0.1, 0.15) is 17.2 Å². The second-order valence-electron chi connectivity index (χ2n) is 6.53. The Morgan fingerprint density at radius 3 is 2.25 bits per heavy atom. The molecule has 136 valence electrons. The SMILES string of the molecule is O=C(Nc1cccnc1-n1cccn1)NC1c2ccccc2-c2ccccc21. The molecule has 1 aliphatic carbocycles. The van der Waals surface area contributed by atoms with Gasteiger partial charge in [-0.05, 0) is 40.5 Å². The first-order valence-corrected chi connectivity index (χ1v) is 9.02. The highest BCUT2D eigenvalue weighted by atomic mass is 16.2. The van der Waals surface area contributed by atoms with Gasteiger partial charge in [-0.15, -0.1) is 0 Å². The van der Waals surface area contributed by atoms with E-state index >= 15 is 0 Å². The quantitative estimate of drug-likeness (QED) is 0.571. The molecule has 0 fully saturated rings. The van der Waals surface area contributed by atoms with Crippen molar-refractivity contribution in [2.75, 3.05) is 5.32 Å². The summed E-state index contributed by atoms with van der Waals surface area (Å²) in [6, 6.07) is 21.2. The van der Waals surface area contributed by atoms with Gasteiger partial charge in [0.05, 0.1) is 11.7 Å². The molecule has 6 nitrogen and oxygen atoms in total. The van der Waals surface area contributed by atoms with Crippen LogP contribution < -0.4 is 10.6 Å². The average Bonchev–Trinajstić information content (AvgIpc) is 3.36. The number of amides is 2. The van der Waals surface area contributed by atoms with Crippen LogP contribution in [-0.4, -0.2) is 20.8 Å². The number of nitrogens with one attached hydrogen (secondary N) is 2. The van der Waals surface area contributed by atoms with Crippen LogP contribution in [0.5, 0.6) is 0 Å². The Hall–Kier alpha value is -3.93. The Kier molecular flexibility index (Phi) is 3.87. The summed E-state index contributed by atoms with van der Waals surface area (Å²) < 4.78 is 1.62. The van der Waals surface area contributed by atoms with Crippen molar-refractivity contribution in [1.82, 2.24) is 20.1 Å². The number of carbonyl (C=O) groups excluding carboxylic acids is 1. The fourth-order valence-corrected chi connectivity index (χ4v) is 3.67. The van der Waals surface area contributed by atoms with Crippen LogP contribution in [0.4, 0.5) is 10.5 Å². The largest absolute Gasteiger partial charge is 0.327 e. The van der Waals surface area contributed by atoms with Gasteiger partial charge < -0.3 is 10.6 Å². The highest BCUT2D eigenvalue weighted by Gasteiger charge is 2.29.